The minimum atomic E-state index is 0.327. The Morgan fingerprint density at radius 2 is 2.21 bits per heavy atom. The number of aliphatic imine (C=N–C) groups is 1. The third kappa shape index (κ3) is 2.55. The van der Waals surface area contributed by atoms with Crippen molar-refractivity contribution in [3.63, 3.8) is 0 Å². The van der Waals surface area contributed by atoms with Crippen molar-refractivity contribution in [2.45, 2.75) is 6.92 Å². The van der Waals surface area contributed by atoms with Crippen LogP contribution < -0.4 is 11.1 Å². The first-order valence-corrected chi connectivity index (χ1v) is 4.10. The number of hydrogen-bond acceptors (Lipinski definition) is 4. The van der Waals surface area contributed by atoms with Crippen molar-refractivity contribution in [1.82, 2.24) is 15.3 Å². The van der Waals surface area contributed by atoms with Crippen LogP contribution in [0, 0.1) is 6.92 Å². The summed E-state index contributed by atoms with van der Waals surface area (Å²) < 4.78 is 0. The van der Waals surface area contributed by atoms with Gasteiger partial charge in [0.25, 0.3) is 0 Å². The first kappa shape index (κ1) is 10.2. The van der Waals surface area contributed by atoms with Gasteiger partial charge in [-0.05, 0) is 6.92 Å². The zero-order valence-electron chi connectivity index (χ0n) is 8.28. The van der Waals surface area contributed by atoms with Crippen molar-refractivity contribution in [2.24, 2.45) is 10.7 Å². The zero-order chi connectivity index (χ0) is 10.6. The highest BCUT2D eigenvalue weighted by molar-refractivity contribution is 5.97. The van der Waals surface area contributed by atoms with Crippen LogP contribution in [0.25, 0.3) is 0 Å². The van der Waals surface area contributed by atoms with Crippen molar-refractivity contribution in [2.75, 3.05) is 7.05 Å². The first-order chi connectivity index (χ1) is 6.63. The molecule has 3 N–H and O–H groups in total. The molecule has 74 valence electrons. The molecule has 0 aliphatic carbocycles. The molecule has 0 aromatic carbocycles. The molecule has 14 heavy (non-hydrogen) atoms. The van der Waals surface area contributed by atoms with E-state index in [1.807, 2.05) is 6.92 Å². The van der Waals surface area contributed by atoms with Crippen LogP contribution in [-0.2, 0) is 0 Å². The topological polar surface area (TPSA) is 76.2 Å². The van der Waals surface area contributed by atoms with Crippen LogP contribution in [0.1, 0.15) is 11.4 Å². The normalized spacial score (nSPS) is 11.1. The quantitative estimate of drug-likeness (QED) is 0.516. The van der Waals surface area contributed by atoms with Crippen LogP contribution in [0.3, 0.4) is 0 Å². The van der Waals surface area contributed by atoms with Gasteiger partial charge < -0.3 is 11.1 Å². The highest BCUT2D eigenvalue weighted by atomic mass is 15.1. The summed E-state index contributed by atoms with van der Waals surface area (Å²) in [6.07, 6.45) is 3.30. The molecular weight excluding hydrogens is 178 g/mol. The highest BCUT2D eigenvalue weighted by Gasteiger charge is 2.03. The molecule has 1 aromatic heterocycles. The van der Waals surface area contributed by atoms with Gasteiger partial charge in [-0.25, -0.2) is 4.98 Å². The Bertz CT molecular complexity index is 352. The van der Waals surface area contributed by atoms with Gasteiger partial charge in [-0.1, -0.05) is 6.58 Å². The molecule has 0 fully saturated rings. The summed E-state index contributed by atoms with van der Waals surface area (Å²) in [4.78, 5) is 12.2. The number of nitrogens with two attached hydrogens (primary N) is 1. The Morgan fingerprint density at radius 3 is 2.64 bits per heavy atom. The second kappa shape index (κ2) is 4.36. The van der Waals surface area contributed by atoms with Crippen LogP contribution in [0.2, 0.25) is 0 Å². The molecule has 1 heterocycles. The van der Waals surface area contributed by atoms with Gasteiger partial charge in [0.15, 0.2) is 5.84 Å². The Kier molecular flexibility index (Phi) is 3.17. The third-order valence-corrected chi connectivity index (χ3v) is 1.53. The number of nitrogens with one attached hydrogen (secondary N) is 1. The molecule has 0 saturated carbocycles. The van der Waals surface area contributed by atoms with E-state index in [0.717, 1.165) is 5.69 Å². The van der Waals surface area contributed by atoms with E-state index in [1.54, 1.807) is 19.4 Å². The molecule has 5 nitrogen and oxygen atoms in total. The molecule has 1 aromatic rings. The SMILES string of the molecule is C=C(N)NC(=NC)c1cnc(C)cn1. The average molecular weight is 191 g/mol. The van der Waals surface area contributed by atoms with E-state index < -0.39 is 0 Å². The lowest BCUT2D eigenvalue weighted by molar-refractivity contribution is 1.04. The maximum Gasteiger partial charge on any atom is 0.154 e. The lowest BCUT2D eigenvalue weighted by Gasteiger charge is -2.06. The number of aromatic nitrogens is 2. The lowest BCUT2D eigenvalue weighted by atomic mass is 10.4. The fraction of sp³-hybridized carbons (Fsp3) is 0.222. The van der Waals surface area contributed by atoms with Gasteiger partial charge in [-0.15, -0.1) is 0 Å². The molecule has 0 amide bonds. The van der Waals surface area contributed by atoms with E-state index in [9.17, 15) is 0 Å². The van der Waals surface area contributed by atoms with Gasteiger partial charge >= 0.3 is 0 Å². The van der Waals surface area contributed by atoms with E-state index in [0.29, 0.717) is 17.4 Å². The van der Waals surface area contributed by atoms with E-state index in [1.165, 1.54) is 0 Å². The molecule has 0 bridgehead atoms. The predicted octanol–water partition coefficient (Wildman–Crippen LogP) is 0.181. The van der Waals surface area contributed by atoms with Crippen molar-refractivity contribution >= 4 is 5.84 Å². The number of amidine groups is 1. The molecule has 1 rings (SSSR count). The molecule has 0 spiro atoms. The van der Waals surface area contributed by atoms with E-state index in [2.05, 4.69) is 26.9 Å². The largest absolute Gasteiger partial charge is 0.386 e. The summed E-state index contributed by atoms with van der Waals surface area (Å²) in [5.41, 5.74) is 6.90. The molecule has 0 unspecified atom stereocenters. The maximum absolute atomic E-state index is 5.40. The average Bonchev–Trinajstić information content (AvgIpc) is 2.15. The van der Waals surface area contributed by atoms with Crippen LogP contribution in [-0.4, -0.2) is 22.9 Å². The van der Waals surface area contributed by atoms with Crippen LogP contribution >= 0.6 is 0 Å². The van der Waals surface area contributed by atoms with Crippen molar-refractivity contribution in [3.8, 4) is 0 Å². The van der Waals surface area contributed by atoms with Crippen molar-refractivity contribution in [1.29, 1.82) is 0 Å². The summed E-state index contributed by atoms with van der Waals surface area (Å²) in [7, 11) is 1.65. The van der Waals surface area contributed by atoms with Gasteiger partial charge in [-0.3, -0.25) is 9.98 Å². The third-order valence-electron chi connectivity index (χ3n) is 1.53. The Morgan fingerprint density at radius 1 is 1.50 bits per heavy atom. The van der Waals surface area contributed by atoms with E-state index in [4.69, 9.17) is 5.73 Å². The van der Waals surface area contributed by atoms with E-state index in [-0.39, 0.29) is 0 Å². The second-order valence-electron chi connectivity index (χ2n) is 2.77. The Balaban J connectivity index is 2.91. The molecule has 0 aliphatic rings. The number of aryl methyl sites for hydroxylation is 1. The fourth-order valence-electron chi connectivity index (χ4n) is 0.901. The summed E-state index contributed by atoms with van der Waals surface area (Å²) in [6, 6.07) is 0. The summed E-state index contributed by atoms with van der Waals surface area (Å²) >= 11 is 0. The summed E-state index contributed by atoms with van der Waals surface area (Å²) in [5, 5.41) is 2.80. The molecule has 0 aliphatic heterocycles. The van der Waals surface area contributed by atoms with Crippen LogP contribution in [0.4, 0.5) is 0 Å². The lowest BCUT2D eigenvalue weighted by Crippen LogP contribution is -2.28. The van der Waals surface area contributed by atoms with Gasteiger partial charge in [0.05, 0.1) is 17.7 Å². The van der Waals surface area contributed by atoms with Gasteiger partial charge in [0, 0.05) is 13.2 Å². The molecule has 0 saturated heterocycles. The standard InChI is InChI=1S/C9H13N5/c1-6-4-13-8(5-12-6)9(11-3)14-7(2)10/h4-5H,2,10H2,1,3H3,(H,11,14). The molecule has 5 heteroatoms. The Labute approximate surface area is 82.8 Å². The maximum atomic E-state index is 5.40. The Hall–Kier alpha value is -1.91. The zero-order valence-corrected chi connectivity index (χ0v) is 8.28. The predicted molar refractivity (Wildman–Crippen MR) is 55.7 cm³/mol. The second-order valence-corrected chi connectivity index (χ2v) is 2.77. The minimum absolute atomic E-state index is 0.327. The summed E-state index contributed by atoms with van der Waals surface area (Å²) in [6.45, 7) is 5.39. The van der Waals surface area contributed by atoms with Crippen LogP contribution in [0.15, 0.2) is 29.8 Å². The van der Waals surface area contributed by atoms with Gasteiger partial charge in [-0.2, -0.15) is 0 Å². The molecule has 0 radical (unpaired) electrons. The molecule has 0 atom stereocenters. The highest BCUT2D eigenvalue weighted by Crippen LogP contribution is 1.95. The molecular formula is C9H13N5. The minimum Gasteiger partial charge on any atom is -0.386 e. The van der Waals surface area contributed by atoms with Gasteiger partial charge in [0.2, 0.25) is 0 Å². The first-order valence-electron chi connectivity index (χ1n) is 4.10. The van der Waals surface area contributed by atoms with Gasteiger partial charge in [0.1, 0.15) is 5.69 Å². The van der Waals surface area contributed by atoms with Crippen LogP contribution in [0.5, 0.6) is 0 Å². The number of rotatable bonds is 2. The van der Waals surface area contributed by atoms with Crippen molar-refractivity contribution < 1.29 is 0 Å². The number of hydrogen-bond donors (Lipinski definition) is 2. The van der Waals surface area contributed by atoms with Crippen molar-refractivity contribution in [3.05, 3.63) is 36.2 Å². The monoisotopic (exact) mass is 191 g/mol. The number of nitrogens with zero attached hydrogens (tertiary/aromatic N) is 3. The summed E-state index contributed by atoms with van der Waals surface area (Å²) in [5.74, 6) is 0.887. The fourth-order valence-corrected chi connectivity index (χ4v) is 0.901. The van der Waals surface area contributed by atoms with E-state index >= 15 is 0 Å². The smallest absolute Gasteiger partial charge is 0.154 e.